The number of anilines is 3. The summed E-state index contributed by atoms with van der Waals surface area (Å²) >= 11 is 0. The zero-order chi connectivity index (χ0) is 20.5. The molecule has 1 fully saturated rings. The second-order valence-corrected chi connectivity index (χ2v) is 6.88. The molecule has 0 spiro atoms. The average molecular weight is 401 g/mol. The molecule has 3 heterocycles. The molecule has 4 atom stereocenters. The van der Waals surface area contributed by atoms with E-state index in [1.54, 1.807) is 0 Å². The fourth-order valence-electron chi connectivity index (χ4n) is 3.39. The van der Waals surface area contributed by atoms with E-state index in [9.17, 15) is 15.3 Å². The lowest BCUT2D eigenvalue weighted by Gasteiger charge is -2.19. The predicted molar refractivity (Wildman–Crippen MR) is 106 cm³/mol. The highest BCUT2D eigenvalue weighted by molar-refractivity contribution is 5.84. The van der Waals surface area contributed by atoms with Crippen LogP contribution in [0.1, 0.15) is 11.8 Å². The Balaban J connectivity index is 1.63. The Hall–Kier alpha value is -2.99. The van der Waals surface area contributed by atoms with Gasteiger partial charge in [0, 0.05) is 12.2 Å². The number of benzene rings is 1. The summed E-state index contributed by atoms with van der Waals surface area (Å²) < 4.78 is 7.19. The molecule has 0 saturated carbocycles. The molecule has 1 aliphatic rings. The molecule has 0 amide bonds. The molecule has 0 unspecified atom stereocenters. The van der Waals surface area contributed by atoms with Gasteiger partial charge in [0.15, 0.2) is 23.2 Å². The fraction of sp³-hybridized carbons (Fsp3) is 0.389. The molecule has 29 heavy (non-hydrogen) atoms. The first-order valence-electron chi connectivity index (χ1n) is 9.18. The molecule has 1 aliphatic heterocycles. The summed E-state index contributed by atoms with van der Waals surface area (Å²) in [6.45, 7) is 0.0910. The van der Waals surface area contributed by atoms with Crippen molar-refractivity contribution in [3.63, 3.8) is 0 Å². The van der Waals surface area contributed by atoms with Gasteiger partial charge >= 0.3 is 0 Å². The second-order valence-electron chi connectivity index (χ2n) is 6.88. The molecular formula is C18H23N7O4. The van der Waals surface area contributed by atoms with Crippen LogP contribution in [0.4, 0.5) is 17.5 Å². The van der Waals surface area contributed by atoms with E-state index in [1.807, 2.05) is 24.3 Å². The lowest BCUT2D eigenvalue weighted by Crippen LogP contribution is -2.33. The van der Waals surface area contributed by atoms with E-state index in [2.05, 4.69) is 20.3 Å². The van der Waals surface area contributed by atoms with Gasteiger partial charge in [-0.2, -0.15) is 0 Å². The number of aliphatic hydroxyl groups is 3. The van der Waals surface area contributed by atoms with Crippen LogP contribution >= 0.6 is 0 Å². The molecule has 0 aliphatic carbocycles. The number of nitrogen functional groups attached to an aromatic ring is 2. The van der Waals surface area contributed by atoms with Crippen molar-refractivity contribution in [2.24, 2.45) is 0 Å². The van der Waals surface area contributed by atoms with E-state index < -0.39 is 31.1 Å². The minimum absolute atomic E-state index is 0.182. The molecule has 2 aromatic heterocycles. The highest BCUT2D eigenvalue weighted by Gasteiger charge is 2.45. The van der Waals surface area contributed by atoms with Gasteiger partial charge in [-0.25, -0.2) is 15.0 Å². The van der Waals surface area contributed by atoms with Crippen LogP contribution in [0.15, 0.2) is 30.6 Å². The van der Waals surface area contributed by atoms with E-state index in [0.29, 0.717) is 35.8 Å². The van der Waals surface area contributed by atoms with Gasteiger partial charge in [0.1, 0.15) is 24.6 Å². The fourth-order valence-corrected chi connectivity index (χ4v) is 3.39. The summed E-state index contributed by atoms with van der Waals surface area (Å²) in [6.07, 6.45) is -2.46. The Morgan fingerprint density at radius 1 is 1.10 bits per heavy atom. The van der Waals surface area contributed by atoms with Gasteiger partial charge in [0.2, 0.25) is 5.95 Å². The maximum Gasteiger partial charge on any atom is 0.207 e. The normalized spacial score (nSPS) is 24.2. The number of nitrogens with one attached hydrogen (secondary N) is 1. The molecular weight excluding hydrogens is 378 g/mol. The zero-order valence-electron chi connectivity index (χ0n) is 15.5. The summed E-state index contributed by atoms with van der Waals surface area (Å²) in [7, 11) is 0. The number of rotatable bonds is 6. The van der Waals surface area contributed by atoms with E-state index >= 15 is 0 Å². The minimum Gasteiger partial charge on any atom is -0.399 e. The number of nitrogens with zero attached hydrogens (tertiary/aromatic N) is 4. The van der Waals surface area contributed by atoms with Gasteiger partial charge in [0.05, 0.1) is 6.61 Å². The van der Waals surface area contributed by atoms with Crippen LogP contribution in [0, 0.1) is 0 Å². The Kier molecular flexibility index (Phi) is 5.20. The van der Waals surface area contributed by atoms with Crippen molar-refractivity contribution in [3.8, 4) is 0 Å². The molecule has 0 bridgehead atoms. The maximum atomic E-state index is 10.5. The van der Waals surface area contributed by atoms with Gasteiger partial charge in [0.25, 0.3) is 0 Å². The van der Waals surface area contributed by atoms with Crippen LogP contribution in [0.5, 0.6) is 0 Å². The van der Waals surface area contributed by atoms with E-state index in [1.165, 1.54) is 10.9 Å². The Morgan fingerprint density at radius 3 is 2.55 bits per heavy atom. The monoisotopic (exact) mass is 401 g/mol. The number of aliphatic hydroxyl groups excluding tert-OH is 3. The summed E-state index contributed by atoms with van der Waals surface area (Å²) in [4.78, 5) is 12.6. The van der Waals surface area contributed by atoms with Crippen molar-refractivity contribution >= 4 is 28.6 Å². The summed E-state index contributed by atoms with van der Waals surface area (Å²) in [5.74, 6) is 0.541. The van der Waals surface area contributed by atoms with Gasteiger partial charge in [-0.3, -0.25) is 4.57 Å². The summed E-state index contributed by atoms with van der Waals surface area (Å²) in [5.41, 5.74) is 14.1. The largest absolute Gasteiger partial charge is 0.399 e. The lowest BCUT2D eigenvalue weighted by molar-refractivity contribution is -0.0501. The summed E-state index contributed by atoms with van der Waals surface area (Å²) in [5, 5.41) is 33.2. The lowest BCUT2D eigenvalue weighted by atomic mass is 10.1. The first-order chi connectivity index (χ1) is 14.0. The number of fused-ring (bicyclic) bond motifs is 1. The van der Waals surface area contributed by atoms with Gasteiger partial charge in [-0.1, -0.05) is 12.1 Å². The highest BCUT2D eigenvalue weighted by Crippen LogP contribution is 2.35. The molecule has 11 nitrogen and oxygen atoms in total. The van der Waals surface area contributed by atoms with Crippen LogP contribution in [0.2, 0.25) is 0 Å². The third-order valence-corrected chi connectivity index (χ3v) is 4.95. The van der Waals surface area contributed by atoms with Crippen molar-refractivity contribution in [1.82, 2.24) is 19.5 Å². The topological polar surface area (TPSA) is 178 Å². The van der Waals surface area contributed by atoms with Crippen LogP contribution in [-0.4, -0.2) is 66.3 Å². The first kappa shape index (κ1) is 19.3. The average Bonchev–Trinajstić information content (AvgIpc) is 3.22. The SMILES string of the molecule is Nc1ccc(CCNc2nc3c(N)ncnc3n2[C@@H]2O[C@H](CO)[C@@H](O)[C@H]2O)cc1. The molecule has 1 aromatic carbocycles. The molecule has 0 radical (unpaired) electrons. The van der Waals surface area contributed by atoms with Crippen molar-refractivity contribution in [3.05, 3.63) is 36.2 Å². The molecule has 154 valence electrons. The number of nitrogens with two attached hydrogens (primary N) is 2. The van der Waals surface area contributed by atoms with Crippen molar-refractivity contribution in [1.29, 1.82) is 0 Å². The molecule has 8 N–H and O–H groups in total. The Labute approximate surface area is 166 Å². The highest BCUT2D eigenvalue weighted by atomic mass is 16.6. The van der Waals surface area contributed by atoms with Crippen molar-refractivity contribution < 1.29 is 20.1 Å². The molecule has 1 saturated heterocycles. The Morgan fingerprint density at radius 2 is 1.86 bits per heavy atom. The quantitative estimate of drug-likeness (QED) is 0.288. The zero-order valence-corrected chi connectivity index (χ0v) is 15.5. The van der Waals surface area contributed by atoms with Crippen LogP contribution in [-0.2, 0) is 11.2 Å². The molecule has 4 rings (SSSR count). The van der Waals surface area contributed by atoms with Gasteiger partial charge < -0.3 is 36.8 Å². The van der Waals surface area contributed by atoms with E-state index in [4.69, 9.17) is 16.2 Å². The number of hydrogen-bond acceptors (Lipinski definition) is 10. The summed E-state index contributed by atoms with van der Waals surface area (Å²) in [6, 6.07) is 7.55. The standard InChI is InChI=1S/C18H23N7O4/c19-10-3-1-9(2-4-10)5-6-21-18-24-12-15(20)22-8-23-16(12)25(18)17-14(28)13(27)11(7-26)29-17/h1-4,8,11,13-14,17,26-28H,5-7,19H2,(H,21,24)(H2,20,22,23)/t11-,13-,14-,17-/m1/s1. The van der Waals surface area contributed by atoms with Crippen molar-refractivity contribution in [2.45, 2.75) is 31.0 Å². The van der Waals surface area contributed by atoms with Crippen LogP contribution in [0.25, 0.3) is 11.2 Å². The van der Waals surface area contributed by atoms with Crippen molar-refractivity contribution in [2.75, 3.05) is 29.9 Å². The van der Waals surface area contributed by atoms with Crippen LogP contribution in [0.3, 0.4) is 0 Å². The number of hydrogen-bond donors (Lipinski definition) is 6. The first-order valence-corrected chi connectivity index (χ1v) is 9.18. The predicted octanol–water partition coefficient (Wildman–Crippen LogP) is -0.743. The van der Waals surface area contributed by atoms with Gasteiger partial charge in [-0.05, 0) is 24.1 Å². The smallest absolute Gasteiger partial charge is 0.207 e. The molecule has 11 heteroatoms. The Bertz CT molecular complexity index is 994. The second kappa shape index (κ2) is 7.79. The molecule has 3 aromatic rings. The van der Waals surface area contributed by atoms with Gasteiger partial charge in [-0.15, -0.1) is 0 Å². The minimum atomic E-state index is -1.28. The van der Waals surface area contributed by atoms with Crippen LogP contribution < -0.4 is 16.8 Å². The van der Waals surface area contributed by atoms with E-state index in [0.717, 1.165) is 5.56 Å². The number of imidazole rings is 1. The number of ether oxygens (including phenoxy) is 1. The van der Waals surface area contributed by atoms with E-state index in [-0.39, 0.29) is 5.82 Å². The third kappa shape index (κ3) is 3.56. The number of aromatic nitrogens is 4. The maximum absolute atomic E-state index is 10.5. The third-order valence-electron chi connectivity index (χ3n) is 4.95.